The maximum atomic E-state index is 12.7. The van der Waals surface area contributed by atoms with Crippen molar-refractivity contribution in [2.45, 2.75) is 6.18 Å². The number of alkyl halides is 3. The second kappa shape index (κ2) is 6.48. The fourth-order valence-electron chi connectivity index (χ4n) is 1.88. The van der Waals surface area contributed by atoms with Gasteiger partial charge in [0.25, 0.3) is 5.91 Å². The van der Waals surface area contributed by atoms with Crippen LogP contribution in [0.15, 0.2) is 55.4 Å². The molecule has 0 saturated carbocycles. The normalized spacial score (nSPS) is 18.4. The van der Waals surface area contributed by atoms with E-state index in [1.807, 2.05) is 0 Å². The first-order chi connectivity index (χ1) is 11.3. The molecule has 0 bridgehead atoms. The van der Waals surface area contributed by atoms with Gasteiger partial charge in [-0.05, 0) is 58.0 Å². The molecule has 1 aromatic heterocycles. The monoisotopic (exact) mass is 416 g/mol. The number of benzene rings is 1. The zero-order chi connectivity index (χ0) is 17.3. The first kappa shape index (κ1) is 16.8. The summed E-state index contributed by atoms with van der Waals surface area (Å²) < 4.78 is 43.9. The molecule has 4 nitrogen and oxygen atoms in total. The number of hydrogen-bond donors (Lipinski definition) is 1. The van der Waals surface area contributed by atoms with Crippen molar-refractivity contribution in [1.82, 2.24) is 5.32 Å². The van der Waals surface area contributed by atoms with Crippen molar-refractivity contribution in [3.63, 3.8) is 0 Å². The molecule has 0 atom stereocenters. The fourth-order valence-corrected chi connectivity index (χ4v) is 3.03. The largest absolute Gasteiger partial charge is 0.450 e. The maximum Gasteiger partial charge on any atom is 0.416 e. The molecule has 0 spiro atoms. The van der Waals surface area contributed by atoms with Gasteiger partial charge in [-0.25, -0.2) is 4.99 Å². The quantitative estimate of drug-likeness (QED) is 0.704. The molecule has 1 amide bonds. The van der Waals surface area contributed by atoms with Gasteiger partial charge >= 0.3 is 6.18 Å². The maximum absolute atomic E-state index is 12.7. The molecule has 0 radical (unpaired) electrons. The number of amidine groups is 1. The van der Waals surface area contributed by atoms with Crippen molar-refractivity contribution in [3.8, 4) is 0 Å². The predicted molar refractivity (Wildman–Crippen MR) is 88.7 cm³/mol. The van der Waals surface area contributed by atoms with Crippen LogP contribution in [-0.4, -0.2) is 11.1 Å². The molecule has 1 aliphatic rings. The number of nitrogens with one attached hydrogen (secondary N) is 1. The summed E-state index contributed by atoms with van der Waals surface area (Å²) in [6.45, 7) is 0. The zero-order valence-corrected chi connectivity index (χ0v) is 14.1. The van der Waals surface area contributed by atoms with Crippen LogP contribution in [0, 0.1) is 0 Å². The van der Waals surface area contributed by atoms with Crippen LogP contribution >= 0.6 is 27.7 Å². The number of furan rings is 1. The van der Waals surface area contributed by atoms with Crippen LogP contribution in [0.4, 0.5) is 18.9 Å². The van der Waals surface area contributed by atoms with Crippen molar-refractivity contribution in [2.24, 2.45) is 4.99 Å². The summed E-state index contributed by atoms with van der Waals surface area (Å²) in [5, 5.41) is 2.71. The molecule has 3 rings (SSSR count). The van der Waals surface area contributed by atoms with Gasteiger partial charge in [0.05, 0.1) is 16.2 Å². The van der Waals surface area contributed by atoms with Gasteiger partial charge in [-0.15, -0.1) is 0 Å². The summed E-state index contributed by atoms with van der Waals surface area (Å²) in [5.41, 5.74) is -0.690. The minimum Gasteiger partial charge on any atom is -0.450 e. The van der Waals surface area contributed by atoms with E-state index >= 15 is 0 Å². The number of carbonyl (C=O) groups excluding carboxylic acids is 1. The van der Waals surface area contributed by atoms with Gasteiger partial charge in [0.15, 0.2) is 9.84 Å². The number of thioether (sulfide) groups is 1. The zero-order valence-electron chi connectivity index (χ0n) is 11.7. The fraction of sp³-hybridized carbons (Fsp3) is 0.0667. The Balaban J connectivity index is 1.83. The van der Waals surface area contributed by atoms with E-state index in [4.69, 9.17) is 4.42 Å². The van der Waals surface area contributed by atoms with E-state index in [1.165, 1.54) is 18.2 Å². The Hall–Kier alpha value is -2.00. The molecule has 0 aliphatic carbocycles. The van der Waals surface area contributed by atoms with Gasteiger partial charge in [0.2, 0.25) is 0 Å². The average Bonchev–Trinajstić information content (AvgIpc) is 3.05. The lowest BCUT2D eigenvalue weighted by Gasteiger charge is -2.06. The molecule has 1 N–H and O–H groups in total. The lowest BCUT2D eigenvalue weighted by molar-refractivity contribution is -0.137. The lowest BCUT2D eigenvalue weighted by Crippen LogP contribution is -2.19. The third-order valence-electron chi connectivity index (χ3n) is 2.92. The Bertz CT molecular complexity index is 858. The first-order valence-electron chi connectivity index (χ1n) is 6.53. The number of rotatable bonds is 2. The Labute approximate surface area is 147 Å². The topological polar surface area (TPSA) is 54.6 Å². The minimum atomic E-state index is -4.44. The number of halogens is 4. The summed E-state index contributed by atoms with van der Waals surface area (Å²) in [5.74, 6) is 0.0816. The standard InChI is InChI=1S/C15H8BrF3N2O2S/c16-12-5-4-10(23-12)7-11-13(22)21-14(24-11)20-9-3-1-2-8(6-9)15(17,18)19/h1-7H,(H,20,21,22)/b11-7+. The molecule has 0 unspecified atom stereocenters. The first-order valence-corrected chi connectivity index (χ1v) is 8.14. The highest BCUT2D eigenvalue weighted by Crippen LogP contribution is 2.33. The van der Waals surface area contributed by atoms with Gasteiger partial charge in [-0.1, -0.05) is 6.07 Å². The summed E-state index contributed by atoms with van der Waals surface area (Å²) in [6, 6.07) is 7.94. The van der Waals surface area contributed by atoms with Crippen molar-refractivity contribution in [3.05, 3.63) is 57.3 Å². The smallest absolute Gasteiger partial charge is 0.416 e. The molecule has 1 saturated heterocycles. The van der Waals surface area contributed by atoms with Crippen molar-refractivity contribution >= 4 is 50.5 Å². The van der Waals surface area contributed by atoms with E-state index in [0.717, 1.165) is 23.9 Å². The predicted octanol–water partition coefficient (Wildman–Crippen LogP) is 4.95. The number of nitrogens with zero attached hydrogens (tertiary/aromatic N) is 1. The molecular weight excluding hydrogens is 409 g/mol. The SMILES string of the molecule is O=C1NC(=Nc2cccc(C(F)(F)F)c2)S/C1=C/c1ccc(Br)o1. The molecule has 1 aromatic carbocycles. The molecular formula is C15H8BrF3N2O2S. The third kappa shape index (κ3) is 3.90. The molecule has 2 aromatic rings. The molecule has 2 heterocycles. The van der Waals surface area contributed by atoms with Crippen LogP contribution in [-0.2, 0) is 11.0 Å². The number of amides is 1. The minimum absolute atomic E-state index is 0.106. The summed E-state index contributed by atoms with van der Waals surface area (Å²) in [4.78, 5) is 16.3. The van der Waals surface area contributed by atoms with Gasteiger partial charge in [0, 0.05) is 6.08 Å². The molecule has 1 fully saturated rings. The van der Waals surface area contributed by atoms with E-state index in [2.05, 4.69) is 26.2 Å². The van der Waals surface area contributed by atoms with Crippen molar-refractivity contribution in [2.75, 3.05) is 0 Å². The van der Waals surface area contributed by atoms with Crippen LogP contribution in [0.3, 0.4) is 0 Å². The molecule has 9 heteroatoms. The lowest BCUT2D eigenvalue weighted by atomic mass is 10.2. The Kier molecular flexibility index (Phi) is 4.55. The summed E-state index contributed by atoms with van der Waals surface area (Å²) in [7, 11) is 0. The highest BCUT2D eigenvalue weighted by molar-refractivity contribution is 9.10. The third-order valence-corrected chi connectivity index (χ3v) is 4.26. The van der Waals surface area contributed by atoms with Crippen LogP contribution in [0.1, 0.15) is 11.3 Å². The van der Waals surface area contributed by atoms with Crippen LogP contribution in [0.25, 0.3) is 6.08 Å². The van der Waals surface area contributed by atoms with E-state index < -0.39 is 17.6 Å². The van der Waals surface area contributed by atoms with E-state index in [-0.39, 0.29) is 10.9 Å². The molecule has 124 valence electrons. The second-order valence-electron chi connectivity index (χ2n) is 4.67. The summed E-state index contributed by atoms with van der Waals surface area (Å²) >= 11 is 4.18. The Morgan fingerprint density at radius 3 is 2.71 bits per heavy atom. The number of aliphatic imine (C=N–C) groups is 1. The second-order valence-corrected chi connectivity index (χ2v) is 6.48. The Morgan fingerprint density at radius 2 is 2.04 bits per heavy atom. The highest BCUT2D eigenvalue weighted by Gasteiger charge is 2.30. The van der Waals surface area contributed by atoms with E-state index in [9.17, 15) is 18.0 Å². The van der Waals surface area contributed by atoms with E-state index in [0.29, 0.717) is 15.3 Å². The van der Waals surface area contributed by atoms with Gasteiger partial charge in [0.1, 0.15) is 5.76 Å². The van der Waals surface area contributed by atoms with Gasteiger partial charge < -0.3 is 9.73 Å². The van der Waals surface area contributed by atoms with Crippen molar-refractivity contribution in [1.29, 1.82) is 0 Å². The van der Waals surface area contributed by atoms with Crippen LogP contribution in [0.5, 0.6) is 0 Å². The van der Waals surface area contributed by atoms with Crippen molar-refractivity contribution < 1.29 is 22.4 Å². The highest BCUT2D eigenvalue weighted by atomic mass is 79.9. The van der Waals surface area contributed by atoms with Gasteiger partial charge in [-0.3, -0.25) is 4.79 Å². The van der Waals surface area contributed by atoms with Crippen LogP contribution < -0.4 is 5.32 Å². The molecule has 24 heavy (non-hydrogen) atoms. The number of carbonyl (C=O) groups is 1. The Morgan fingerprint density at radius 1 is 1.25 bits per heavy atom. The number of hydrogen-bond acceptors (Lipinski definition) is 4. The van der Waals surface area contributed by atoms with E-state index in [1.54, 1.807) is 12.1 Å². The summed E-state index contributed by atoms with van der Waals surface area (Å²) in [6.07, 6.45) is -2.92. The average molecular weight is 417 g/mol. The van der Waals surface area contributed by atoms with Crippen LogP contribution in [0.2, 0.25) is 0 Å². The molecule has 1 aliphatic heterocycles. The van der Waals surface area contributed by atoms with Gasteiger partial charge in [-0.2, -0.15) is 13.2 Å².